The summed E-state index contributed by atoms with van der Waals surface area (Å²) >= 11 is 0. The van der Waals surface area contributed by atoms with E-state index in [4.69, 9.17) is 5.11 Å². The Labute approximate surface area is 183 Å². The molecule has 1 heterocycles. The molecule has 0 bridgehead atoms. The Morgan fingerprint density at radius 1 is 1.19 bits per heavy atom. The van der Waals surface area contributed by atoms with E-state index in [-0.39, 0.29) is 29.5 Å². The maximum Gasteiger partial charge on any atom is 0.322 e. The van der Waals surface area contributed by atoms with E-state index in [0.29, 0.717) is 18.9 Å². The molecule has 6 nitrogen and oxygen atoms in total. The van der Waals surface area contributed by atoms with Crippen LogP contribution < -0.4 is 5.32 Å². The second-order valence-corrected chi connectivity index (χ2v) is 8.88. The molecule has 1 aliphatic heterocycles. The van der Waals surface area contributed by atoms with Crippen molar-refractivity contribution >= 4 is 11.9 Å². The number of benzene rings is 2. The third-order valence-corrected chi connectivity index (χ3v) is 6.66. The third-order valence-electron chi connectivity index (χ3n) is 6.66. The molecule has 0 aromatic heterocycles. The van der Waals surface area contributed by atoms with E-state index < -0.39 is 5.97 Å². The van der Waals surface area contributed by atoms with Crippen LogP contribution in [-0.4, -0.2) is 53.2 Å². The van der Waals surface area contributed by atoms with Crippen molar-refractivity contribution in [2.24, 2.45) is 11.8 Å². The molecule has 2 aromatic rings. The highest BCUT2D eigenvalue weighted by Crippen LogP contribution is 2.40. The van der Waals surface area contributed by atoms with E-state index in [2.05, 4.69) is 30.1 Å². The molecule has 0 radical (unpaired) electrons. The zero-order chi connectivity index (χ0) is 22.4. The second-order valence-electron chi connectivity index (χ2n) is 8.88. The van der Waals surface area contributed by atoms with Crippen LogP contribution in [0, 0.1) is 11.8 Å². The van der Waals surface area contributed by atoms with Gasteiger partial charge in [0.15, 0.2) is 0 Å². The highest BCUT2D eigenvalue weighted by molar-refractivity contribution is 5.83. The Morgan fingerprint density at radius 3 is 2.58 bits per heavy atom. The molecule has 2 unspecified atom stereocenters. The summed E-state index contributed by atoms with van der Waals surface area (Å²) in [5.74, 6) is -0.964. The number of carboxylic acid groups (broad SMARTS) is 1. The van der Waals surface area contributed by atoms with Crippen LogP contribution in [0.3, 0.4) is 0 Å². The maximum absolute atomic E-state index is 12.8. The van der Waals surface area contributed by atoms with Gasteiger partial charge in [-0.1, -0.05) is 56.3 Å². The third kappa shape index (κ3) is 5.85. The van der Waals surface area contributed by atoms with Gasteiger partial charge in [-0.05, 0) is 54.0 Å². The summed E-state index contributed by atoms with van der Waals surface area (Å²) in [4.78, 5) is 26.0. The number of nitrogens with zero attached hydrogens (tertiary/aromatic N) is 1. The summed E-state index contributed by atoms with van der Waals surface area (Å²) in [5, 5.41) is 21.4. The van der Waals surface area contributed by atoms with E-state index in [9.17, 15) is 14.7 Å². The number of carboxylic acids is 1. The van der Waals surface area contributed by atoms with E-state index in [1.54, 1.807) is 6.07 Å². The molecular weight excluding hydrogens is 392 g/mol. The summed E-state index contributed by atoms with van der Waals surface area (Å²) in [6.45, 7) is 6.35. The maximum atomic E-state index is 12.8. The Balaban J connectivity index is 1.69. The lowest BCUT2D eigenvalue weighted by molar-refractivity contribution is -0.138. The lowest BCUT2D eigenvalue weighted by Gasteiger charge is -2.45. The van der Waals surface area contributed by atoms with Gasteiger partial charge in [0, 0.05) is 13.1 Å². The lowest BCUT2D eigenvalue weighted by Crippen LogP contribution is -2.50. The number of phenolic OH excluding ortho intramolecular Hbond substituents is 1. The summed E-state index contributed by atoms with van der Waals surface area (Å²) in [5.41, 5.74) is 2.16. The van der Waals surface area contributed by atoms with Gasteiger partial charge in [-0.15, -0.1) is 0 Å². The SMILES string of the molecule is CC1CN(C[C@@H](Cc2ccccc2)C(=O)NCC(=O)O)CCC1(C)c1cccc(O)c1. The number of piperidine rings is 1. The summed E-state index contributed by atoms with van der Waals surface area (Å²) in [6, 6.07) is 17.3. The Morgan fingerprint density at radius 2 is 1.94 bits per heavy atom. The minimum absolute atomic E-state index is 0.0459. The highest BCUT2D eigenvalue weighted by Gasteiger charge is 2.39. The predicted octanol–water partition coefficient (Wildman–Crippen LogP) is 3.05. The van der Waals surface area contributed by atoms with Crippen molar-refractivity contribution in [1.82, 2.24) is 10.2 Å². The Bertz CT molecular complexity index is 901. The first-order valence-corrected chi connectivity index (χ1v) is 10.8. The van der Waals surface area contributed by atoms with Gasteiger partial charge in [0.05, 0.1) is 5.92 Å². The van der Waals surface area contributed by atoms with Gasteiger partial charge >= 0.3 is 5.97 Å². The minimum atomic E-state index is -1.04. The molecule has 3 atom stereocenters. The van der Waals surface area contributed by atoms with Gasteiger partial charge in [-0.2, -0.15) is 0 Å². The monoisotopic (exact) mass is 424 g/mol. The molecule has 1 saturated heterocycles. The van der Waals surface area contributed by atoms with E-state index in [1.165, 1.54) is 0 Å². The van der Waals surface area contributed by atoms with Gasteiger partial charge in [0.1, 0.15) is 12.3 Å². The van der Waals surface area contributed by atoms with Crippen molar-refractivity contribution < 1.29 is 19.8 Å². The van der Waals surface area contributed by atoms with Crippen LogP contribution >= 0.6 is 0 Å². The van der Waals surface area contributed by atoms with E-state index in [1.807, 2.05) is 42.5 Å². The number of phenols is 1. The quantitative estimate of drug-likeness (QED) is 0.606. The van der Waals surface area contributed by atoms with Gasteiger partial charge in [-0.3, -0.25) is 9.59 Å². The van der Waals surface area contributed by atoms with Crippen LogP contribution in [0.15, 0.2) is 54.6 Å². The predicted molar refractivity (Wildman–Crippen MR) is 120 cm³/mol. The van der Waals surface area contributed by atoms with Crippen molar-refractivity contribution in [2.75, 3.05) is 26.2 Å². The number of carbonyl (C=O) groups excluding carboxylic acids is 1. The van der Waals surface area contributed by atoms with Gasteiger partial charge in [0.25, 0.3) is 0 Å². The van der Waals surface area contributed by atoms with Crippen LogP contribution in [0.25, 0.3) is 0 Å². The van der Waals surface area contributed by atoms with Crippen LogP contribution in [0.1, 0.15) is 31.4 Å². The van der Waals surface area contributed by atoms with Gasteiger partial charge in [-0.25, -0.2) is 0 Å². The van der Waals surface area contributed by atoms with Crippen LogP contribution in [0.4, 0.5) is 0 Å². The number of nitrogens with one attached hydrogen (secondary N) is 1. The smallest absolute Gasteiger partial charge is 0.322 e. The molecule has 1 amide bonds. The molecule has 1 aliphatic rings. The number of hydrogen-bond donors (Lipinski definition) is 3. The lowest BCUT2D eigenvalue weighted by atomic mass is 9.68. The van der Waals surface area contributed by atoms with Crippen molar-refractivity contribution in [3.05, 3.63) is 65.7 Å². The fraction of sp³-hybridized carbons (Fsp3) is 0.440. The first-order chi connectivity index (χ1) is 14.8. The van der Waals surface area contributed by atoms with Crippen molar-refractivity contribution in [1.29, 1.82) is 0 Å². The summed E-state index contributed by atoms with van der Waals surface area (Å²) < 4.78 is 0. The fourth-order valence-electron chi connectivity index (χ4n) is 4.53. The molecule has 0 spiro atoms. The molecule has 31 heavy (non-hydrogen) atoms. The molecule has 3 rings (SSSR count). The number of carbonyl (C=O) groups is 2. The van der Waals surface area contributed by atoms with Crippen LogP contribution in [0.2, 0.25) is 0 Å². The Kier molecular flexibility index (Phi) is 7.33. The molecule has 3 N–H and O–H groups in total. The molecule has 0 aliphatic carbocycles. The number of aromatic hydroxyl groups is 1. The van der Waals surface area contributed by atoms with E-state index >= 15 is 0 Å². The zero-order valence-corrected chi connectivity index (χ0v) is 18.3. The molecule has 2 aromatic carbocycles. The van der Waals surface area contributed by atoms with Crippen LogP contribution in [-0.2, 0) is 21.4 Å². The van der Waals surface area contributed by atoms with Gasteiger partial charge in [0.2, 0.25) is 5.91 Å². The van der Waals surface area contributed by atoms with Crippen molar-refractivity contribution in [3.63, 3.8) is 0 Å². The van der Waals surface area contributed by atoms with Gasteiger partial charge < -0.3 is 20.4 Å². The largest absolute Gasteiger partial charge is 0.508 e. The number of aliphatic carboxylic acids is 1. The Hall–Kier alpha value is -2.86. The molecular formula is C25H32N2O4. The average molecular weight is 425 g/mol. The zero-order valence-electron chi connectivity index (χ0n) is 18.3. The van der Waals surface area contributed by atoms with Crippen LogP contribution in [0.5, 0.6) is 5.75 Å². The number of likely N-dealkylation sites (tertiary alicyclic amines) is 1. The normalized spacial score (nSPS) is 22.6. The van der Waals surface area contributed by atoms with E-state index in [0.717, 1.165) is 30.6 Å². The highest BCUT2D eigenvalue weighted by atomic mass is 16.4. The fourth-order valence-corrected chi connectivity index (χ4v) is 4.53. The van der Waals surface area contributed by atoms with Crippen molar-refractivity contribution in [2.45, 2.75) is 32.1 Å². The minimum Gasteiger partial charge on any atom is -0.508 e. The summed E-state index contributed by atoms with van der Waals surface area (Å²) in [6.07, 6.45) is 1.49. The number of hydrogen-bond acceptors (Lipinski definition) is 4. The standard InChI is InChI=1S/C25H32N2O4/c1-18-16-27(12-11-25(18,2)21-9-6-10-22(28)14-21)17-20(24(31)26-15-23(29)30)13-19-7-4-3-5-8-19/h3-10,14,18,20,28H,11-13,15-17H2,1-2H3,(H,26,31)(H,29,30)/t18?,20-,25?/m1/s1. The van der Waals surface area contributed by atoms with Crippen molar-refractivity contribution in [3.8, 4) is 5.75 Å². The average Bonchev–Trinajstić information content (AvgIpc) is 2.75. The topological polar surface area (TPSA) is 89.9 Å². The second kappa shape index (κ2) is 9.96. The number of amides is 1. The first-order valence-electron chi connectivity index (χ1n) is 10.8. The first kappa shape index (κ1) is 22.8. The molecule has 166 valence electrons. The number of rotatable bonds is 8. The summed E-state index contributed by atoms with van der Waals surface area (Å²) in [7, 11) is 0. The molecule has 1 fully saturated rings. The molecule has 0 saturated carbocycles. The molecule has 6 heteroatoms.